The first-order valence-electron chi connectivity index (χ1n) is 5.46. The first-order chi connectivity index (χ1) is 9.34. The number of rotatable bonds is 3. The van der Waals surface area contributed by atoms with Crippen molar-refractivity contribution >= 4 is 11.5 Å². The molecular weight excluding hydrogens is 296 g/mol. The van der Waals surface area contributed by atoms with Crippen LogP contribution >= 0.6 is 11.5 Å². The van der Waals surface area contributed by atoms with E-state index in [4.69, 9.17) is 5.84 Å². The fraction of sp³-hybridized carbons (Fsp3) is 0.273. The Kier molecular flexibility index (Phi) is 4.02. The minimum Gasteiger partial charge on any atom is -0.271 e. The largest absolute Gasteiger partial charge is 0.419 e. The lowest BCUT2D eigenvalue weighted by Gasteiger charge is -2.17. The fourth-order valence-corrected chi connectivity index (χ4v) is 2.50. The van der Waals surface area contributed by atoms with Crippen molar-refractivity contribution in [1.82, 2.24) is 15.0 Å². The minimum absolute atomic E-state index is 0.190. The molecule has 20 heavy (non-hydrogen) atoms. The maximum absolute atomic E-state index is 13.3. The molecule has 0 radical (unpaired) electrons. The molecule has 0 saturated carbocycles. The van der Waals surface area contributed by atoms with Gasteiger partial charge in [0.25, 0.3) is 0 Å². The lowest BCUT2D eigenvalue weighted by Crippen LogP contribution is -2.29. The Hall–Kier alpha value is -1.58. The van der Waals surface area contributed by atoms with Gasteiger partial charge >= 0.3 is 6.18 Å². The second-order valence-electron chi connectivity index (χ2n) is 4.06. The monoisotopic (exact) mass is 306 g/mol. The van der Waals surface area contributed by atoms with Crippen LogP contribution in [0.5, 0.6) is 0 Å². The van der Waals surface area contributed by atoms with Crippen LogP contribution in [0.25, 0.3) is 0 Å². The van der Waals surface area contributed by atoms with Gasteiger partial charge in [0.15, 0.2) is 0 Å². The van der Waals surface area contributed by atoms with Gasteiger partial charge in [0, 0.05) is 0 Å². The highest BCUT2D eigenvalue weighted by Crippen LogP contribution is 2.34. The number of nitrogens with one attached hydrogen (secondary N) is 1. The molecule has 9 heteroatoms. The maximum atomic E-state index is 13.3. The molecule has 1 atom stereocenters. The van der Waals surface area contributed by atoms with E-state index in [9.17, 15) is 17.6 Å². The number of benzene rings is 1. The molecule has 0 aliphatic rings. The van der Waals surface area contributed by atoms with E-state index < -0.39 is 23.6 Å². The number of nitrogens with zero attached hydrogens (tertiary/aromatic N) is 2. The molecule has 4 nitrogen and oxygen atoms in total. The van der Waals surface area contributed by atoms with Crippen LogP contribution in [0.1, 0.15) is 27.7 Å². The molecule has 0 amide bonds. The van der Waals surface area contributed by atoms with E-state index in [1.54, 1.807) is 6.92 Å². The summed E-state index contributed by atoms with van der Waals surface area (Å²) in [5.41, 5.74) is 1.81. The van der Waals surface area contributed by atoms with E-state index >= 15 is 0 Å². The van der Waals surface area contributed by atoms with Gasteiger partial charge in [0.05, 0.1) is 22.2 Å². The Morgan fingerprint density at radius 3 is 2.55 bits per heavy atom. The highest BCUT2D eigenvalue weighted by molar-refractivity contribution is 7.05. The van der Waals surface area contributed by atoms with Crippen molar-refractivity contribution in [2.75, 3.05) is 0 Å². The number of hydrogen-bond acceptors (Lipinski definition) is 5. The topological polar surface area (TPSA) is 63.8 Å². The van der Waals surface area contributed by atoms with Crippen LogP contribution in [0.2, 0.25) is 0 Å². The van der Waals surface area contributed by atoms with E-state index in [-0.39, 0.29) is 5.56 Å². The second kappa shape index (κ2) is 5.43. The number of halogens is 4. The molecule has 0 bridgehead atoms. The van der Waals surface area contributed by atoms with Crippen LogP contribution in [0.3, 0.4) is 0 Å². The summed E-state index contributed by atoms with van der Waals surface area (Å²) in [7, 11) is 0. The van der Waals surface area contributed by atoms with Crippen molar-refractivity contribution in [1.29, 1.82) is 0 Å². The molecule has 3 N–H and O–H groups in total. The standard InChI is InChI=1S/C11H10F4N4S/c1-5-10(20-19-18-5)9(17-16)6-2-3-8(12)7(4-6)11(13,14)15/h2-4,9,17H,16H2,1H3. The van der Waals surface area contributed by atoms with Gasteiger partial charge in [-0.1, -0.05) is 10.6 Å². The number of hydrazine groups is 1. The zero-order valence-corrected chi connectivity index (χ0v) is 11.0. The molecule has 1 aromatic heterocycles. The van der Waals surface area contributed by atoms with Gasteiger partial charge in [0.1, 0.15) is 5.82 Å². The van der Waals surface area contributed by atoms with Crippen LogP contribution in [0.15, 0.2) is 18.2 Å². The summed E-state index contributed by atoms with van der Waals surface area (Å²) in [5.74, 6) is 4.07. The zero-order chi connectivity index (χ0) is 14.9. The predicted octanol–water partition coefficient (Wildman–Crippen LogP) is 2.56. The molecule has 0 aliphatic heterocycles. The third kappa shape index (κ3) is 2.79. The Labute approximate surface area is 115 Å². The van der Waals surface area contributed by atoms with Gasteiger partial charge in [-0.15, -0.1) is 5.10 Å². The van der Waals surface area contributed by atoms with Crippen LogP contribution < -0.4 is 11.3 Å². The third-order valence-corrected chi connectivity index (χ3v) is 3.64. The van der Waals surface area contributed by atoms with Gasteiger partial charge in [-0.3, -0.25) is 5.84 Å². The molecule has 1 aromatic carbocycles. The summed E-state index contributed by atoms with van der Waals surface area (Å²) in [5, 5.41) is 3.78. The molecule has 0 saturated heterocycles. The van der Waals surface area contributed by atoms with E-state index in [0.717, 1.165) is 23.7 Å². The lowest BCUT2D eigenvalue weighted by atomic mass is 10.0. The minimum atomic E-state index is -4.76. The third-order valence-electron chi connectivity index (χ3n) is 2.74. The summed E-state index contributed by atoms with van der Waals surface area (Å²) in [4.78, 5) is 0.576. The average molecular weight is 306 g/mol. The van der Waals surface area contributed by atoms with Gasteiger partial charge in [-0.05, 0) is 36.2 Å². The summed E-state index contributed by atoms with van der Waals surface area (Å²) in [6.45, 7) is 1.66. The Morgan fingerprint density at radius 2 is 2.05 bits per heavy atom. The van der Waals surface area contributed by atoms with Crippen molar-refractivity contribution < 1.29 is 17.6 Å². The molecule has 2 aromatic rings. The van der Waals surface area contributed by atoms with Gasteiger partial charge in [-0.2, -0.15) is 13.2 Å². The Bertz CT molecular complexity index is 611. The van der Waals surface area contributed by atoms with Crippen molar-refractivity contribution in [3.63, 3.8) is 0 Å². The molecular formula is C11H10F4N4S. The number of hydrogen-bond donors (Lipinski definition) is 2. The quantitative estimate of drug-likeness (QED) is 0.520. The average Bonchev–Trinajstić information content (AvgIpc) is 2.77. The van der Waals surface area contributed by atoms with Crippen molar-refractivity contribution in [3.05, 3.63) is 45.7 Å². The normalized spacial score (nSPS) is 13.5. The second-order valence-corrected chi connectivity index (χ2v) is 4.85. The molecule has 108 valence electrons. The molecule has 0 spiro atoms. The predicted molar refractivity (Wildman–Crippen MR) is 65.2 cm³/mol. The highest BCUT2D eigenvalue weighted by atomic mass is 32.1. The Morgan fingerprint density at radius 1 is 1.35 bits per heavy atom. The van der Waals surface area contributed by atoms with E-state index in [2.05, 4.69) is 15.0 Å². The van der Waals surface area contributed by atoms with Crippen LogP contribution in [-0.2, 0) is 6.18 Å². The molecule has 1 heterocycles. The molecule has 1 unspecified atom stereocenters. The fourth-order valence-electron chi connectivity index (χ4n) is 1.77. The number of aromatic nitrogens is 2. The van der Waals surface area contributed by atoms with E-state index in [0.29, 0.717) is 10.6 Å². The molecule has 2 rings (SSSR count). The van der Waals surface area contributed by atoms with Crippen LogP contribution in [0, 0.1) is 12.7 Å². The van der Waals surface area contributed by atoms with Crippen LogP contribution in [0.4, 0.5) is 17.6 Å². The van der Waals surface area contributed by atoms with Gasteiger partial charge in [-0.25, -0.2) is 9.82 Å². The summed E-state index contributed by atoms with van der Waals surface area (Å²) < 4.78 is 55.1. The van der Waals surface area contributed by atoms with Crippen molar-refractivity contribution in [2.24, 2.45) is 5.84 Å². The summed E-state index contributed by atoms with van der Waals surface area (Å²) >= 11 is 1.02. The maximum Gasteiger partial charge on any atom is 0.419 e. The Balaban J connectivity index is 2.49. The number of nitrogens with two attached hydrogens (primary N) is 1. The van der Waals surface area contributed by atoms with Crippen molar-refractivity contribution in [3.8, 4) is 0 Å². The summed E-state index contributed by atoms with van der Waals surface area (Å²) in [6.07, 6.45) is -4.76. The summed E-state index contributed by atoms with van der Waals surface area (Å²) in [6, 6.07) is 2.02. The number of aryl methyl sites for hydroxylation is 1. The first-order valence-corrected chi connectivity index (χ1v) is 6.23. The van der Waals surface area contributed by atoms with E-state index in [1.807, 2.05) is 0 Å². The van der Waals surface area contributed by atoms with Crippen LogP contribution in [-0.4, -0.2) is 9.59 Å². The van der Waals surface area contributed by atoms with Crippen molar-refractivity contribution in [2.45, 2.75) is 19.1 Å². The molecule has 0 fully saturated rings. The SMILES string of the molecule is Cc1nnsc1C(NN)c1ccc(F)c(C(F)(F)F)c1. The van der Waals surface area contributed by atoms with Gasteiger partial charge in [0.2, 0.25) is 0 Å². The first kappa shape index (κ1) is 14.8. The lowest BCUT2D eigenvalue weighted by molar-refractivity contribution is -0.140. The van der Waals surface area contributed by atoms with E-state index in [1.165, 1.54) is 6.07 Å². The highest BCUT2D eigenvalue weighted by Gasteiger charge is 2.35. The van der Waals surface area contributed by atoms with Gasteiger partial charge < -0.3 is 0 Å². The smallest absolute Gasteiger partial charge is 0.271 e. The number of alkyl halides is 3. The molecule has 0 aliphatic carbocycles. The zero-order valence-electron chi connectivity index (χ0n) is 10.2.